The molecule has 17 heavy (non-hydrogen) atoms. The number of amides is 1. The van der Waals surface area contributed by atoms with Gasteiger partial charge in [0.15, 0.2) is 0 Å². The number of aryl methyl sites for hydroxylation is 1. The highest BCUT2D eigenvalue weighted by molar-refractivity contribution is 9.10. The minimum Gasteiger partial charge on any atom is -0.365 e. The van der Waals surface area contributed by atoms with Crippen LogP contribution in [0.25, 0.3) is 0 Å². The zero-order valence-corrected chi connectivity index (χ0v) is 11.5. The van der Waals surface area contributed by atoms with Gasteiger partial charge in [-0.05, 0) is 54.2 Å². The molecule has 0 spiro atoms. The molecule has 1 saturated heterocycles. The van der Waals surface area contributed by atoms with Crippen LogP contribution >= 0.6 is 15.9 Å². The van der Waals surface area contributed by atoms with Crippen LogP contribution in [0.1, 0.15) is 25.3 Å². The summed E-state index contributed by atoms with van der Waals surface area (Å²) >= 11 is 3.38. The molecule has 1 fully saturated rings. The normalized spacial score (nSPS) is 23.7. The highest BCUT2D eigenvalue weighted by Gasteiger charge is 2.28. The number of carbonyl (C=O) groups excluding carboxylic acids is 1. The van der Waals surface area contributed by atoms with Crippen molar-refractivity contribution >= 4 is 27.7 Å². The third-order valence-corrected chi connectivity index (χ3v) is 3.35. The van der Waals surface area contributed by atoms with Gasteiger partial charge in [-0.1, -0.05) is 0 Å². The summed E-state index contributed by atoms with van der Waals surface area (Å²) in [5.74, 6) is 0.426. The van der Waals surface area contributed by atoms with Crippen LogP contribution < -0.4 is 5.32 Å². The first-order valence-corrected chi connectivity index (χ1v) is 6.44. The number of rotatable bonds is 2. The Labute approximate surface area is 109 Å². The van der Waals surface area contributed by atoms with Gasteiger partial charge in [0.1, 0.15) is 11.9 Å². The number of anilines is 1. The van der Waals surface area contributed by atoms with E-state index in [-0.39, 0.29) is 18.1 Å². The summed E-state index contributed by atoms with van der Waals surface area (Å²) in [7, 11) is 0. The van der Waals surface area contributed by atoms with Gasteiger partial charge in [-0.25, -0.2) is 4.98 Å². The third kappa shape index (κ3) is 3.04. The van der Waals surface area contributed by atoms with Gasteiger partial charge in [-0.3, -0.25) is 4.79 Å². The quantitative estimate of drug-likeness (QED) is 0.913. The molecule has 1 amide bonds. The van der Waals surface area contributed by atoms with Crippen molar-refractivity contribution in [2.75, 3.05) is 5.32 Å². The Bertz CT molecular complexity index is 437. The second-order valence-corrected chi connectivity index (χ2v) is 5.20. The van der Waals surface area contributed by atoms with E-state index in [4.69, 9.17) is 4.74 Å². The van der Waals surface area contributed by atoms with Gasteiger partial charge in [0, 0.05) is 6.20 Å². The molecule has 1 aromatic rings. The molecule has 0 radical (unpaired) electrons. The van der Waals surface area contributed by atoms with Crippen molar-refractivity contribution in [2.45, 2.75) is 38.9 Å². The highest BCUT2D eigenvalue weighted by atomic mass is 79.9. The summed E-state index contributed by atoms with van der Waals surface area (Å²) in [5, 5.41) is 2.78. The fourth-order valence-electron chi connectivity index (χ4n) is 1.82. The van der Waals surface area contributed by atoms with Crippen molar-refractivity contribution in [3.63, 3.8) is 0 Å². The lowest BCUT2D eigenvalue weighted by Crippen LogP contribution is -2.28. The van der Waals surface area contributed by atoms with Gasteiger partial charge in [-0.15, -0.1) is 0 Å². The van der Waals surface area contributed by atoms with E-state index in [2.05, 4.69) is 26.2 Å². The third-order valence-electron chi connectivity index (χ3n) is 2.74. The highest BCUT2D eigenvalue weighted by Crippen LogP contribution is 2.23. The topological polar surface area (TPSA) is 51.2 Å². The lowest BCUT2D eigenvalue weighted by molar-refractivity contribution is -0.126. The van der Waals surface area contributed by atoms with Gasteiger partial charge < -0.3 is 10.1 Å². The minimum absolute atomic E-state index is 0.119. The fourth-order valence-corrected chi connectivity index (χ4v) is 2.38. The summed E-state index contributed by atoms with van der Waals surface area (Å²) < 4.78 is 6.29. The van der Waals surface area contributed by atoms with Gasteiger partial charge in [0.2, 0.25) is 0 Å². The van der Waals surface area contributed by atoms with Crippen LogP contribution in [0.15, 0.2) is 16.7 Å². The van der Waals surface area contributed by atoms with E-state index >= 15 is 0 Å². The van der Waals surface area contributed by atoms with Gasteiger partial charge in [0.25, 0.3) is 5.91 Å². The van der Waals surface area contributed by atoms with E-state index in [0.717, 1.165) is 22.9 Å². The summed E-state index contributed by atoms with van der Waals surface area (Å²) in [5.41, 5.74) is 1.04. The molecule has 2 atom stereocenters. The first-order valence-electron chi connectivity index (χ1n) is 5.64. The summed E-state index contributed by atoms with van der Waals surface area (Å²) in [6.45, 7) is 3.93. The monoisotopic (exact) mass is 298 g/mol. The molecule has 92 valence electrons. The first kappa shape index (κ1) is 12.5. The molecule has 2 rings (SSSR count). The van der Waals surface area contributed by atoms with Crippen LogP contribution in [0.5, 0.6) is 0 Å². The van der Waals surface area contributed by atoms with E-state index in [1.165, 1.54) is 0 Å². The number of halogens is 1. The van der Waals surface area contributed by atoms with Crippen LogP contribution in [0.2, 0.25) is 0 Å². The molecular formula is C12H15BrN2O2. The molecule has 0 unspecified atom stereocenters. The Morgan fingerprint density at radius 3 is 2.94 bits per heavy atom. The molecule has 1 aromatic heterocycles. The Morgan fingerprint density at radius 2 is 2.35 bits per heavy atom. The second-order valence-electron chi connectivity index (χ2n) is 4.35. The fraction of sp³-hybridized carbons (Fsp3) is 0.500. The average molecular weight is 299 g/mol. The molecule has 1 N–H and O–H groups in total. The van der Waals surface area contributed by atoms with Crippen molar-refractivity contribution in [3.8, 4) is 0 Å². The Hall–Kier alpha value is -0.940. The van der Waals surface area contributed by atoms with Gasteiger partial charge in [-0.2, -0.15) is 0 Å². The zero-order valence-electron chi connectivity index (χ0n) is 9.87. The smallest absolute Gasteiger partial charge is 0.254 e. The maximum atomic E-state index is 11.9. The van der Waals surface area contributed by atoms with E-state index in [1.807, 2.05) is 19.9 Å². The summed E-state index contributed by atoms with van der Waals surface area (Å²) in [6.07, 6.45) is 3.25. The van der Waals surface area contributed by atoms with E-state index in [1.54, 1.807) is 6.20 Å². The number of ether oxygens (including phenoxy) is 1. The SMILES string of the molecule is Cc1cnc(NC(=O)[C@H]2CC[C@H](C)O2)c(Br)c1. The molecular weight excluding hydrogens is 284 g/mol. The molecule has 2 heterocycles. The van der Waals surface area contributed by atoms with Gasteiger partial charge >= 0.3 is 0 Å². The second kappa shape index (κ2) is 5.14. The maximum absolute atomic E-state index is 11.9. The first-order chi connectivity index (χ1) is 8.06. The van der Waals surface area contributed by atoms with Gasteiger partial charge in [0.05, 0.1) is 10.6 Å². The molecule has 0 bridgehead atoms. The average Bonchev–Trinajstić information content (AvgIpc) is 2.69. The molecule has 1 aliphatic heterocycles. The van der Waals surface area contributed by atoms with E-state index < -0.39 is 0 Å². The lowest BCUT2D eigenvalue weighted by Gasteiger charge is -2.12. The Kier molecular flexibility index (Phi) is 3.79. The summed E-state index contributed by atoms with van der Waals surface area (Å²) in [4.78, 5) is 16.1. The number of nitrogens with one attached hydrogen (secondary N) is 1. The molecule has 4 nitrogen and oxygen atoms in total. The van der Waals surface area contributed by atoms with Crippen LogP contribution in [0.4, 0.5) is 5.82 Å². The van der Waals surface area contributed by atoms with Crippen molar-refractivity contribution in [1.82, 2.24) is 4.98 Å². The molecule has 0 aliphatic carbocycles. The molecule has 0 saturated carbocycles. The minimum atomic E-state index is -0.347. The Morgan fingerprint density at radius 1 is 1.59 bits per heavy atom. The van der Waals surface area contributed by atoms with Crippen molar-refractivity contribution in [3.05, 3.63) is 22.3 Å². The maximum Gasteiger partial charge on any atom is 0.254 e. The largest absolute Gasteiger partial charge is 0.365 e. The number of nitrogens with zero attached hydrogens (tertiary/aromatic N) is 1. The zero-order chi connectivity index (χ0) is 12.4. The van der Waals surface area contributed by atoms with Crippen LogP contribution in [0.3, 0.4) is 0 Å². The number of aromatic nitrogens is 1. The Balaban J connectivity index is 2.03. The predicted octanol–water partition coefficient (Wildman–Crippen LogP) is 2.66. The number of hydrogen-bond acceptors (Lipinski definition) is 3. The molecule has 0 aromatic carbocycles. The molecule has 5 heteroatoms. The number of hydrogen-bond donors (Lipinski definition) is 1. The standard InChI is InChI=1S/C12H15BrN2O2/c1-7-5-9(13)11(14-6-7)15-12(16)10-4-3-8(2)17-10/h5-6,8,10H,3-4H2,1-2H3,(H,14,15,16)/t8-,10+/m0/s1. The lowest BCUT2D eigenvalue weighted by atomic mass is 10.2. The molecule has 1 aliphatic rings. The predicted molar refractivity (Wildman–Crippen MR) is 68.9 cm³/mol. The number of carbonyl (C=O) groups is 1. The number of pyridine rings is 1. The summed E-state index contributed by atoms with van der Waals surface area (Å²) in [6, 6.07) is 1.92. The van der Waals surface area contributed by atoms with Crippen LogP contribution in [-0.4, -0.2) is 23.1 Å². The van der Waals surface area contributed by atoms with E-state index in [9.17, 15) is 4.79 Å². The van der Waals surface area contributed by atoms with Crippen molar-refractivity contribution < 1.29 is 9.53 Å². The van der Waals surface area contributed by atoms with Crippen LogP contribution in [0, 0.1) is 6.92 Å². The van der Waals surface area contributed by atoms with Crippen molar-refractivity contribution in [2.24, 2.45) is 0 Å². The van der Waals surface area contributed by atoms with E-state index in [0.29, 0.717) is 5.82 Å². The van der Waals surface area contributed by atoms with Crippen LogP contribution in [-0.2, 0) is 9.53 Å². The van der Waals surface area contributed by atoms with Crippen molar-refractivity contribution in [1.29, 1.82) is 0 Å².